The molecule has 0 saturated carbocycles. The molecule has 1 amide bonds. The van der Waals surface area contributed by atoms with Gasteiger partial charge in [-0.1, -0.05) is 0 Å². The number of carbonyl (C=O) groups excluding carboxylic acids is 1. The maximum atomic E-state index is 12.6. The Bertz CT molecular complexity index is 633. The van der Waals surface area contributed by atoms with Crippen LogP contribution < -0.4 is 5.73 Å². The molecule has 1 unspecified atom stereocenters. The average molecular weight is 304 g/mol. The van der Waals surface area contributed by atoms with Crippen LogP contribution in [0.1, 0.15) is 34.8 Å². The van der Waals surface area contributed by atoms with Gasteiger partial charge in [-0.2, -0.15) is 0 Å². The van der Waals surface area contributed by atoms with Crippen molar-refractivity contribution < 1.29 is 4.79 Å². The van der Waals surface area contributed by atoms with Gasteiger partial charge in [-0.3, -0.25) is 4.79 Å². The molecule has 6 heteroatoms. The van der Waals surface area contributed by atoms with Gasteiger partial charge in [0.2, 0.25) is 0 Å². The van der Waals surface area contributed by atoms with Gasteiger partial charge in [-0.25, -0.2) is 4.98 Å². The van der Waals surface area contributed by atoms with Crippen LogP contribution in [0, 0.1) is 6.92 Å². The molecule has 0 spiro atoms. The Morgan fingerprint density at radius 1 is 1.57 bits per heavy atom. The number of amides is 1. The van der Waals surface area contributed by atoms with Crippen LogP contribution in [0.3, 0.4) is 0 Å². The van der Waals surface area contributed by atoms with E-state index in [0.29, 0.717) is 12.2 Å². The van der Waals surface area contributed by atoms with Crippen LogP contribution in [0.15, 0.2) is 17.6 Å². The number of hydrogen-bond donors (Lipinski definition) is 2. The Labute approximate surface area is 128 Å². The van der Waals surface area contributed by atoms with E-state index in [9.17, 15) is 4.79 Å². The summed E-state index contributed by atoms with van der Waals surface area (Å²) >= 11 is 1.61. The first kappa shape index (κ1) is 14.3. The number of thiazole rings is 1. The van der Waals surface area contributed by atoms with E-state index in [0.717, 1.165) is 42.1 Å². The number of carbonyl (C=O) groups is 1. The van der Waals surface area contributed by atoms with Gasteiger partial charge in [0.05, 0.1) is 10.7 Å². The number of aromatic nitrogens is 2. The quantitative estimate of drug-likeness (QED) is 0.914. The molecular formula is C15H20N4OS. The molecule has 0 aromatic carbocycles. The lowest BCUT2D eigenvalue weighted by atomic mass is 10.0. The van der Waals surface area contributed by atoms with E-state index in [4.69, 9.17) is 5.73 Å². The molecule has 1 aliphatic heterocycles. The number of nitrogens with two attached hydrogens (primary N) is 1. The predicted molar refractivity (Wildman–Crippen MR) is 84.4 cm³/mol. The number of aryl methyl sites for hydroxylation is 1. The highest BCUT2D eigenvalue weighted by Gasteiger charge is 2.27. The highest BCUT2D eigenvalue weighted by Crippen LogP contribution is 2.24. The van der Waals surface area contributed by atoms with Crippen LogP contribution >= 0.6 is 11.3 Å². The second-order valence-corrected chi connectivity index (χ2v) is 6.50. The van der Waals surface area contributed by atoms with Crippen molar-refractivity contribution in [1.82, 2.24) is 14.9 Å². The third-order valence-electron chi connectivity index (χ3n) is 3.99. The third-order valence-corrected chi connectivity index (χ3v) is 4.76. The minimum Gasteiger partial charge on any atom is -0.357 e. The van der Waals surface area contributed by atoms with E-state index in [-0.39, 0.29) is 11.9 Å². The van der Waals surface area contributed by atoms with Crippen molar-refractivity contribution in [3.05, 3.63) is 28.3 Å². The molecule has 0 radical (unpaired) electrons. The summed E-state index contributed by atoms with van der Waals surface area (Å²) in [4.78, 5) is 22.1. The number of aromatic amines is 1. The largest absolute Gasteiger partial charge is 0.357 e. The summed E-state index contributed by atoms with van der Waals surface area (Å²) in [5.41, 5.74) is 8.30. The highest BCUT2D eigenvalue weighted by atomic mass is 32.1. The number of piperidine rings is 1. The van der Waals surface area contributed by atoms with Gasteiger partial charge in [0.25, 0.3) is 5.91 Å². The average Bonchev–Trinajstić information content (AvgIpc) is 3.15. The van der Waals surface area contributed by atoms with Crippen LogP contribution in [0.2, 0.25) is 0 Å². The summed E-state index contributed by atoms with van der Waals surface area (Å²) in [7, 11) is 0. The topological polar surface area (TPSA) is 75.0 Å². The summed E-state index contributed by atoms with van der Waals surface area (Å²) in [6.45, 7) is 3.31. The van der Waals surface area contributed by atoms with Gasteiger partial charge in [-0.15, -0.1) is 11.3 Å². The zero-order valence-corrected chi connectivity index (χ0v) is 12.9. The first-order valence-corrected chi connectivity index (χ1v) is 8.19. The summed E-state index contributed by atoms with van der Waals surface area (Å²) in [5.74, 6) is 0.0448. The predicted octanol–water partition coefficient (Wildman–Crippen LogP) is 2.40. The molecule has 0 aliphatic carbocycles. The molecular weight excluding hydrogens is 284 g/mol. The molecule has 112 valence electrons. The molecule has 1 aliphatic rings. The molecule has 5 nitrogen and oxygen atoms in total. The molecule has 3 heterocycles. The fraction of sp³-hybridized carbons (Fsp3) is 0.467. The molecule has 21 heavy (non-hydrogen) atoms. The normalized spacial score (nSPS) is 19.0. The third kappa shape index (κ3) is 2.87. The summed E-state index contributed by atoms with van der Waals surface area (Å²) in [5, 5.41) is 3.04. The van der Waals surface area contributed by atoms with Crippen LogP contribution in [-0.2, 0) is 0 Å². The summed E-state index contributed by atoms with van der Waals surface area (Å²) in [6, 6.07) is 2.05. The standard InChI is InChI=1S/C15H20N4OS/c1-10-18-14(9-21-10)11-6-13(17-8-11)15(20)19-5-3-2-4-12(19)7-16/h6,8-9,12,17H,2-5,7,16H2,1H3. The smallest absolute Gasteiger partial charge is 0.270 e. The van der Waals surface area contributed by atoms with E-state index in [2.05, 4.69) is 9.97 Å². The summed E-state index contributed by atoms with van der Waals surface area (Å²) in [6.07, 6.45) is 5.06. The molecule has 2 aromatic heterocycles. The van der Waals surface area contributed by atoms with Crippen molar-refractivity contribution in [2.75, 3.05) is 13.1 Å². The van der Waals surface area contributed by atoms with Gasteiger partial charge in [0.15, 0.2) is 0 Å². The minimum absolute atomic E-state index is 0.0448. The Morgan fingerprint density at radius 2 is 2.43 bits per heavy atom. The Balaban J connectivity index is 1.80. The van der Waals surface area contributed by atoms with Crippen LogP contribution in [0.5, 0.6) is 0 Å². The molecule has 1 atom stereocenters. The monoisotopic (exact) mass is 304 g/mol. The van der Waals surface area contributed by atoms with Crippen molar-refractivity contribution in [3.63, 3.8) is 0 Å². The van der Waals surface area contributed by atoms with E-state index in [1.807, 2.05) is 29.5 Å². The van der Waals surface area contributed by atoms with Crippen molar-refractivity contribution in [3.8, 4) is 11.3 Å². The molecule has 1 fully saturated rings. The lowest BCUT2D eigenvalue weighted by Gasteiger charge is -2.34. The van der Waals surface area contributed by atoms with Gasteiger partial charge in [-0.05, 0) is 32.3 Å². The zero-order valence-electron chi connectivity index (χ0n) is 12.1. The van der Waals surface area contributed by atoms with Gasteiger partial charge < -0.3 is 15.6 Å². The van der Waals surface area contributed by atoms with Crippen LogP contribution in [-0.4, -0.2) is 39.9 Å². The van der Waals surface area contributed by atoms with Gasteiger partial charge >= 0.3 is 0 Å². The first-order chi connectivity index (χ1) is 10.2. The number of H-pyrrole nitrogens is 1. The number of hydrogen-bond acceptors (Lipinski definition) is 4. The van der Waals surface area contributed by atoms with Crippen molar-refractivity contribution in [2.45, 2.75) is 32.2 Å². The van der Waals surface area contributed by atoms with E-state index < -0.39 is 0 Å². The maximum absolute atomic E-state index is 12.6. The Morgan fingerprint density at radius 3 is 3.14 bits per heavy atom. The fourth-order valence-corrected chi connectivity index (χ4v) is 3.45. The first-order valence-electron chi connectivity index (χ1n) is 7.31. The number of nitrogens with one attached hydrogen (secondary N) is 1. The van der Waals surface area contributed by atoms with Gasteiger partial charge in [0.1, 0.15) is 5.69 Å². The second kappa shape index (κ2) is 5.99. The van der Waals surface area contributed by atoms with Crippen molar-refractivity contribution >= 4 is 17.2 Å². The van der Waals surface area contributed by atoms with Crippen molar-refractivity contribution in [2.24, 2.45) is 5.73 Å². The minimum atomic E-state index is 0.0448. The van der Waals surface area contributed by atoms with E-state index in [1.165, 1.54) is 0 Å². The SMILES string of the molecule is Cc1nc(-c2c[nH]c(C(=O)N3CCCCC3CN)c2)cs1. The van der Waals surface area contributed by atoms with Crippen molar-refractivity contribution in [1.29, 1.82) is 0 Å². The molecule has 3 rings (SSSR count). The molecule has 2 aromatic rings. The second-order valence-electron chi connectivity index (χ2n) is 5.44. The lowest BCUT2D eigenvalue weighted by molar-refractivity contribution is 0.0618. The van der Waals surface area contributed by atoms with Crippen LogP contribution in [0.25, 0.3) is 11.3 Å². The summed E-state index contributed by atoms with van der Waals surface area (Å²) < 4.78 is 0. The fourth-order valence-electron chi connectivity index (χ4n) is 2.83. The number of nitrogens with zero attached hydrogens (tertiary/aromatic N) is 2. The Kier molecular flexibility index (Phi) is 4.07. The Hall–Kier alpha value is -1.66. The molecule has 3 N–H and O–H groups in total. The molecule has 0 bridgehead atoms. The van der Waals surface area contributed by atoms with Crippen LogP contribution in [0.4, 0.5) is 0 Å². The molecule has 1 saturated heterocycles. The van der Waals surface area contributed by atoms with Gasteiger partial charge in [0, 0.05) is 36.3 Å². The zero-order chi connectivity index (χ0) is 14.8. The van der Waals surface area contributed by atoms with E-state index >= 15 is 0 Å². The maximum Gasteiger partial charge on any atom is 0.270 e. The number of likely N-dealkylation sites (tertiary alicyclic amines) is 1. The highest BCUT2D eigenvalue weighted by molar-refractivity contribution is 7.09. The lowest BCUT2D eigenvalue weighted by Crippen LogP contribution is -2.47. The number of rotatable bonds is 3. The van der Waals surface area contributed by atoms with E-state index in [1.54, 1.807) is 11.3 Å².